The molecule has 0 saturated carbocycles. The van der Waals surface area contributed by atoms with E-state index in [0.717, 1.165) is 12.3 Å². The van der Waals surface area contributed by atoms with Crippen molar-refractivity contribution in [2.75, 3.05) is 40.0 Å². The van der Waals surface area contributed by atoms with Crippen molar-refractivity contribution >= 4 is 17.6 Å². The molecule has 110 valence electrons. The summed E-state index contributed by atoms with van der Waals surface area (Å²) in [5.74, 6) is 0.521. The lowest BCUT2D eigenvalue weighted by atomic mass is 10.3. The van der Waals surface area contributed by atoms with Crippen LogP contribution in [0.4, 0.5) is 0 Å². The van der Waals surface area contributed by atoms with Gasteiger partial charge in [-0.2, -0.15) is 0 Å². The molecule has 1 aromatic carbocycles. The number of carbonyl (C=O) groups excluding carboxylic acids is 1. The first-order valence-electron chi connectivity index (χ1n) is 6.46. The molecule has 0 N–H and O–H groups in total. The number of halogens is 1. The zero-order valence-corrected chi connectivity index (χ0v) is 12.1. The number of esters is 1. The third-order valence-electron chi connectivity index (χ3n) is 3.05. The molecule has 1 aliphatic rings. The fourth-order valence-electron chi connectivity index (χ4n) is 1.99. The average Bonchev–Trinajstić information content (AvgIpc) is 2.47. The van der Waals surface area contributed by atoms with Gasteiger partial charge in [0.25, 0.3) is 0 Å². The number of morpholine rings is 1. The summed E-state index contributed by atoms with van der Waals surface area (Å²) >= 11 is 5.81. The second-order valence-corrected chi connectivity index (χ2v) is 5.01. The molecule has 5 nitrogen and oxygen atoms in total. The predicted octanol–water partition coefficient (Wildman–Crippen LogP) is 1.59. The highest BCUT2D eigenvalue weighted by atomic mass is 35.5. The average molecular weight is 300 g/mol. The summed E-state index contributed by atoms with van der Waals surface area (Å²) in [5, 5.41) is 0.676. The summed E-state index contributed by atoms with van der Waals surface area (Å²) in [6.07, 6.45) is -0.0518. The Morgan fingerprint density at radius 2 is 2.20 bits per heavy atom. The number of ether oxygens (including phenoxy) is 3. The molecule has 0 amide bonds. The van der Waals surface area contributed by atoms with Gasteiger partial charge in [0.05, 0.1) is 20.3 Å². The van der Waals surface area contributed by atoms with Gasteiger partial charge in [-0.25, -0.2) is 0 Å². The van der Waals surface area contributed by atoms with Crippen molar-refractivity contribution < 1.29 is 19.0 Å². The van der Waals surface area contributed by atoms with E-state index in [2.05, 4.69) is 4.74 Å². The Morgan fingerprint density at radius 1 is 1.45 bits per heavy atom. The Bertz CT molecular complexity index is 437. The van der Waals surface area contributed by atoms with E-state index in [0.29, 0.717) is 24.8 Å². The second kappa shape index (κ2) is 7.47. The van der Waals surface area contributed by atoms with Crippen LogP contribution in [0.1, 0.15) is 0 Å². The smallest absolute Gasteiger partial charge is 0.319 e. The number of nitrogens with zero attached hydrogens (tertiary/aromatic N) is 1. The summed E-state index contributed by atoms with van der Waals surface area (Å²) in [4.78, 5) is 13.3. The summed E-state index contributed by atoms with van der Waals surface area (Å²) in [6.45, 7) is 2.71. The number of rotatable bonds is 5. The van der Waals surface area contributed by atoms with Gasteiger partial charge < -0.3 is 14.2 Å². The van der Waals surface area contributed by atoms with Crippen LogP contribution in [0.5, 0.6) is 5.75 Å². The van der Waals surface area contributed by atoms with Crippen molar-refractivity contribution in [3.05, 3.63) is 29.3 Å². The zero-order valence-electron chi connectivity index (χ0n) is 11.4. The maximum atomic E-state index is 11.2. The fraction of sp³-hybridized carbons (Fsp3) is 0.500. The molecule has 0 aromatic heterocycles. The molecule has 0 bridgehead atoms. The minimum atomic E-state index is -0.232. The maximum absolute atomic E-state index is 11.2. The van der Waals surface area contributed by atoms with Gasteiger partial charge in [-0.1, -0.05) is 11.6 Å². The Balaban J connectivity index is 1.78. The lowest BCUT2D eigenvalue weighted by Gasteiger charge is -2.31. The molecular weight excluding hydrogens is 282 g/mol. The SMILES string of the molecule is COC(=O)CN1CCOC(COc2ccc(Cl)cc2)C1. The highest BCUT2D eigenvalue weighted by Crippen LogP contribution is 2.16. The molecule has 0 spiro atoms. The van der Waals surface area contributed by atoms with E-state index in [1.54, 1.807) is 12.1 Å². The molecule has 1 saturated heterocycles. The molecule has 1 fully saturated rings. The van der Waals surface area contributed by atoms with E-state index in [-0.39, 0.29) is 18.6 Å². The number of benzene rings is 1. The molecule has 0 aliphatic carbocycles. The first-order chi connectivity index (χ1) is 9.67. The third-order valence-corrected chi connectivity index (χ3v) is 3.30. The van der Waals surface area contributed by atoms with Gasteiger partial charge in [0.2, 0.25) is 0 Å². The molecule has 20 heavy (non-hydrogen) atoms. The zero-order chi connectivity index (χ0) is 14.4. The van der Waals surface area contributed by atoms with Crippen molar-refractivity contribution in [2.24, 2.45) is 0 Å². The van der Waals surface area contributed by atoms with E-state index in [9.17, 15) is 4.79 Å². The topological polar surface area (TPSA) is 48.0 Å². The Kier molecular flexibility index (Phi) is 5.64. The van der Waals surface area contributed by atoms with E-state index >= 15 is 0 Å². The molecular formula is C14H18ClNO4. The van der Waals surface area contributed by atoms with Crippen LogP contribution in [0.2, 0.25) is 5.02 Å². The van der Waals surface area contributed by atoms with E-state index in [1.807, 2.05) is 17.0 Å². The second-order valence-electron chi connectivity index (χ2n) is 4.57. The van der Waals surface area contributed by atoms with E-state index in [1.165, 1.54) is 7.11 Å². The lowest BCUT2D eigenvalue weighted by Crippen LogP contribution is -2.46. The molecule has 1 heterocycles. The minimum Gasteiger partial charge on any atom is -0.491 e. The fourth-order valence-corrected chi connectivity index (χ4v) is 2.12. The van der Waals surface area contributed by atoms with Gasteiger partial charge >= 0.3 is 5.97 Å². The van der Waals surface area contributed by atoms with Crippen molar-refractivity contribution in [1.82, 2.24) is 4.90 Å². The highest BCUT2D eigenvalue weighted by molar-refractivity contribution is 6.30. The van der Waals surface area contributed by atoms with E-state index < -0.39 is 0 Å². The van der Waals surface area contributed by atoms with Crippen LogP contribution < -0.4 is 4.74 Å². The van der Waals surface area contributed by atoms with Crippen LogP contribution in [-0.4, -0.2) is 56.9 Å². The van der Waals surface area contributed by atoms with Gasteiger partial charge in [0.1, 0.15) is 18.5 Å². The van der Waals surface area contributed by atoms with Crippen LogP contribution in [0.15, 0.2) is 24.3 Å². The Hall–Kier alpha value is -1.30. The predicted molar refractivity (Wildman–Crippen MR) is 75.1 cm³/mol. The summed E-state index contributed by atoms with van der Waals surface area (Å²) < 4.78 is 15.9. The van der Waals surface area contributed by atoms with Gasteiger partial charge in [-0.05, 0) is 24.3 Å². The Labute approximate surface area is 123 Å². The van der Waals surface area contributed by atoms with Crippen molar-refractivity contribution in [3.63, 3.8) is 0 Å². The van der Waals surface area contributed by atoms with Gasteiger partial charge in [-0.3, -0.25) is 9.69 Å². The largest absolute Gasteiger partial charge is 0.491 e. The van der Waals surface area contributed by atoms with E-state index in [4.69, 9.17) is 21.1 Å². The molecule has 1 unspecified atom stereocenters. The van der Waals surface area contributed by atoms with Crippen molar-refractivity contribution in [2.45, 2.75) is 6.10 Å². The third kappa shape index (κ3) is 4.67. The summed E-state index contributed by atoms with van der Waals surface area (Å²) in [7, 11) is 1.39. The van der Waals surface area contributed by atoms with Gasteiger partial charge in [0.15, 0.2) is 0 Å². The van der Waals surface area contributed by atoms with Crippen LogP contribution >= 0.6 is 11.6 Å². The summed E-state index contributed by atoms with van der Waals surface area (Å²) in [6, 6.07) is 7.19. The first-order valence-corrected chi connectivity index (χ1v) is 6.84. The van der Waals surface area contributed by atoms with Gasteiger partial charge in [0, 0.05) is 18.1 Å². The number of hydrogen-bond acceptors (Lipinski definition) is 5. The minimum absolute atomic E-state index is 0.0518. The molecule has 6 heteroatoms. The normalized spacial score (nSPS) is 19.6. The van der Waals surface area contributed by atoms with Crippen molar-refractivity contribution in [3.8, 4) is 5.75 Å². The van der Waals surface area contributed by atoms with Crippen LogP contribution in [0.25, 0.3) is 0 Å². The molecule has 2 rings (SSSR count). The van der Waals surface area contributed by atoms with Crippen LogP contribution in [0.3, 0.4) is 0 Å². The Morgan fingerprint density at radius 3 is 2.90 bits per heavy atom. The quantitative estimate of drug-likeness (QED) is 0.773. The first kappa shape index (κ1) is 15.1. The molecule has 0 radical (unpaired) electrons. The number of carbonyl (C=O) groups is 1. The van der Waals surface area contributed by atoms with Gasteiger partial charge in [-0.15, -0.1) is 0 Å². The maximum Gasteiger partial charge on any atom is 0.319 e. The molecule has 1 aliphatic heterocycles. The van der Waals surface area contributed by atoms with Crippen LogP contribution in [0, 0.1) is 0 Å². The molecule has 1 atom stereocenters. The number of methoxy groups -OCH3 is 1. The monoisotopic (exact) mass is 299 g/mol. The van der Waals surface area contributed by atoms with Crippen LogP contribution in [-0.2, 0) is 14.3 Å². The van der Waals surface area contributed by atoms with Crippen molar-refractivity contribution in [1.29, 1.82) is 0 Å². The summed E-state index contributed by atoms with van der Waals surface area (Å²) in [5.41, 5.74) is 0. The lowest BCUT2D eigenvalue weighted by molar-refractivity contribution is -0.144. The standard InChI is InChI=1S/C14H18ClNO4/c1-18-14(17)9-16-6-7-19-13(8-16)10-20-12-4-2-11(15)3-5-12/h2-5,13H,6-10H2,1H3. The molecule has 1 aromatic rings. The number of hydrogen-bond donors (Lipinski definition) is 0. The highest BCUT2D eigenvalue weighted by Gasteiger charge is 2.22.